The quantitative estimate of drug-likeness (QED) is 0.595. The summed E-state index contributed by atoms with van der Waals surface area (Å²) in [5, 5.41) is 0. The molecule has 0 aromatic heterocycles. The Bertz CT molecular complexity index is 827. The fourth-order valence-corrected chi connectivity index (χ4v) is 3.99. The van der Waals surface area contributed by atoms with Crippen molar-refractivity contribution in [1.29, 1.82) is 0 Å². The highest BCUT2D eigenvalue weighted by atomic mass is 79.9. The Morgan fingerprint density at radius 3 is 2.41 bits per heavy atom. The minimum absolute atomic E-state index is 0.0133. The summed E-state index contributed by atoms with van der Waals surface area (Å²) in [7, 11) is 0. The predicted molar refractivity (Wildman–Crippen MR) is 116 cm³/mol. The van der Waals surface area contributed by atoms with Gasteiger partial charge in [-0.1, -0.05) is 46.3 Å². The SMILES string of the molecule is CCOc1cc(Br)c(CC(=O)N2CC(C)OC(c3ccccc3)C2)cc1OCC. The number of benzene rings is 2. The third-order valence-corrected chi connectivity index (χ3v) is 5.58. The summed E-state index contributed by atoms with van der Waals surface area (Å²) in [6.45, 7) is 8.11. The van der Waals surface area contributed by atoms with Crippen LogP contribution in [-0.4, -0.2) is 43.2 Å². The van der Waals surface area contributed by atoms with E-state index in [1.807, 2.05) is 68.1 Å². The van der Waals surface area contributed by atoms with Gasteiger partial charge in [0.2, 0.25) is 5.91 Å². The molecule has 0 bridgehead atoms. The van der Waals surface area contributed by atoms with Gasteiger partial charge in [-0.2, -0.15) is 0 Å². The summed E-state index contributed by atoms with van der Waals surface area (Å²) < 4.78 is 18.3. The zero-order chi connectivity index (χ0) is 20.8. The highest BCUT2D eigenvalue weighted by Crippen LogP contribution is 2.35. The summed E-state index contributed by atoms with van der Waals surface area (Å²) in [5.74, 6) is 1.42. The summed E-state index contributed by atoms with van der Waals surface area (Å²) in [6, 6.07) is 13.8. The second-order valence-corrected chi connectivity index (χ2v) is 7.93. The van der Waals surface area contributed by atoms with E-state index in [-0.39, 0.29) is 18.1 Å². The van der Waals surface area contributed by atoms with Gasteiger partial charge in [-0.05, 0) is 44.0 Å². The van der Waals surface area contributed by atoms with Crippen LogP contribution in [0.3, 0.4) is 0 Å². The minimum atomic E-state index is -0.105. The molecule has 2 aromatic rings. The third kappa shape index (κ3) is 5.52. The molecular formula is C23H28BrNO4. The van der Waals surface area contributed by atoms with E-state index < -0.39 is 0 Å². The van der Waals surface area contributed by atoms with Gasteiger partial charge < -0.3 is 19.1 Å². The van der Waals surface area contributed by atoms with Crippen molar-refractivity contribution in [3.63, 3.8) is 0 Å². The van der Waals surface area contributed by atoms with Crippen LogP contribution in [0.2, 0.25) is 0 Å². The van der Waals surface area contributed by atoms with Gasteiger partial charge in [-0.25, -0.2) is 0 Å². The monoisotopic (exact) mass is 461 g/mol. The molecular weight excluding hydrogens is 434 g/mol. The Balaban J connectivity index is 1.76. The molecule has 0 aliphatic carbocycles. The van der Waals surface area contributed by atoms with E-state index in [4.69, 9.17) is 14.2 Å². The molecule has 0 radical (unpaired) electrons. The molecule has 2 aromatic carbocycles. The number of carbonyl (C=O) groups excluding carboxylic acids is 1. The summed E-state index contributed by atoms with van der Waals surface area (Å²) in [5.41, 5.74) is 1.98. The minimum Gasteiger partial charge on any atom is -0.490 e. The first kappa shape index (κ1) is 21.7. The van der Waals surface area contributed by atoms with E-state index in [0.29, 0.717) is 44.2 Å². The van der Waals surface area contributed by atoms with Crippen LogP contribution in [0.1, 0.15) is 38.0 Å². The average Bonchev–Trinajstić information content (AvgIpc) is 2.71. The van der Waals surface area contributed by atoms with Gasteiger partial charge in [0.15, 0.2) is 11.5 Å². The van der Waals surface area contributed by atoms with E-state index in [1.165, 1.54) is 0 Å². The van der Waals surface area contributed by atoms with Crippen molar-refractivity contribution in [1.82, 2.24) is 4.90 Å². The number of hydrogen-bond acceptors (Lipinski definition) is 4. The van der Waals surface area contributed by atoms with Gasteiger partial charge >= 0.3 is 0 Å². The van der Waals surface area contributed by atoms with E-state index >= 15 is 0 Å². The van der Waals surface area contributed by atoms with Crippen molar-refractivity contribution in [2.75, 3.05) is 26.3 Å². The molecule has 2 unspecified atom stereocenters. The third-order valence-electron chi connectivity index (χ3n) is 4.84. The van der Waals surface area contributed by atoms with Crippen LogP contribution in [0, 0.1) is 0 Å². The van der Waals surface area contributed by atoms with Crippen LogP contribution in [0.15, 0.2) is 46.9 Å². The molecule has 1 aliphatic rings. The Morgan fingerprint density at radius 2 is 1.76 bits per heavy atom. The number of hydrogen-bond donors (Lipinski definition) is 0. The van der Waals surface area contributed by atoms with Crippen LogP contribution < -0.4 is 9.47 Å². The summed E-state index contributed by atoms with van der Waals surface area (Å²) in [6.07, 6.45) is 0.175. The molecule has 3 rings (SSSR count). The maximum atomic E-state index is 13.1. The number of rotatable bonds is 7. The number of amides is 1. The second-order valence-electron chi connectivity index (χ2n) is 7.08. The molecule has 0 N–H and O–H groups in total. The molecule has 1 fully saturated rings. The van der Waals surface area contributed by atoms with Crippen LogP contribution in [0.5, 0.6) is 11.5 Å². The lowest BCUT2D eigenvalue weighted by Crippen LogP contribution is -2.46. The summed E-state index contributed by atoms with van der Waals surface area (Å²) >= 11 is 3.58. The number of morpholine rings is 1. The van der Waals surface area contributed by atoms with Gasteiger partial charge in [-0.3, -0.25) is 4.79 Å². The molecule has 156 valence electrons. The molecule has 1 heterocycles. The molecule has 1 amide bonds. The zero-order valence-corrected chi connectivity index (χ0v) is 18.8. The number of carbonyl (C=O) groups is 1. The molecule has 1 saturated heterocycles. The average molecular weight is 462 g/mol. The number of ether oxygens (including phenoxy) is 3. The van der Waals surface area contributed by atoms with Crippen molar-refractivity contribution < 1.29 is 19.0 Å². The van der Waals surface area contributed by atoms with Crippen LogP contribution in [0.25, 0.3) is 0 Å². The fraction of sp³-hybridized carbons (Fsp3) is 0.435. The van der Waals surface area contributed by atoms with E-state index in [2.05, 4.69) is 15.9 Å². The van der Waals surface area contributed by atoms with Crippen molar-refractivity contribution in [3.8, 4) is 11.5 Å². The molecule has 5 nitrogen and oxygen atoms in total. The van der Waals surface area contributed by atoms with E-state index in [9.17, 15) is 4.79 Å². The van der Waals surface area contributed by atoms with Crippen molar-refractivity contribution in [2.24, 2.45) is 0 Å². The number of nitrogens with zero attached hydrogens (tertiary/aromatic N) is 1. The lowest BCUT2D eigenvalue weighted by atomic mass is 10.1. The van der Waals surface area contributed by atoms with E-state index in [0.717, 1.165) is 15.6 Å². The van der Waals surface area contributed by atoms with Crippen molar-refractivity contribution in [2.45, 2.75) is 39.4 Å². The largest absolute Gasteiger partial charge is 0.490 e. The first-order valence-corrected chi connectivity index (χ1v) is 10.9. The topological polar surface area (TPSA) is 48.0 Å². The Hall–Kier alpha value is -2.05. The zero-order valence-electron chi connectivity index (χ0n) is 17.2. The normalized spacial score (nSPS) is 19.1. The number of halogens is 1. The molecule has 29 heavy (non-hydrogen) atoms. The van der Waals surface area contributed by atoms with Gasteiger partial charge in [0.05, 0.1) is 32.3 Å². The first-order chi connectivity index (χ1) is 14.0. The highest BCUT2D eigenvalue weighted by Gasteiger charge is 2.29. The summed E-state index contributed by atoms with van der Waals surface area (Å²) in [4.78, 5) is 15.0. The predicted octanol–water partition coefficient (Wildman–Crippen LogP) is 4.78. The highest BCUT2D eigenvalue weighted by molar-refractivity contribution is 9.10. The van der Waals surface area contributed by atoms with Crippen molar-refractivity contribution in [3.05, 3.63) is 58.1 Å². The van der Waals surface area contributed by atoms with Crippen LogP contribution >= 0.6 is 15.9 Å². The molecule has 1 aliphatic heterocycles. The fourth-order valence-electron chi connectivity index (χ4n) is 3.53. The lowest BCUT2D eigenvalue weighted by Gasteiger charge is -2.37. The lowest BCUT2D eigenvalue weighted by molar-refractivity contribution is -0.144. The molecule has 0 spiro atoms. The first-order valence-electron chi connectivity index (χ1n) is 10.1. The van der Waals surface area contributed by atoms with Gasteiger partial charge in [0, 0.05) is 11.0 Å². The second kappa shape index (κ2) is 10.1. The van der Waals surface area contributed by atoms with Crippen LogP contribution in [-0.2, 0) is 16.0 Å². The smallest absolute Gasteiger partial charge is 0.227 e. The van der Waals surface area contributed by atoms with Gasteiger partial charge in [-0.15, -0.1) is 0 Å². The Kier molecular flexibility index (Phi) is 7.56. The molecule has 2 atom stereocenters. The molecule has 6 heteroatoms. The Morgan fingerprint density at radius 1 is 1.10 bits per heavy atom. The van der Waals surface area contributed by atoms with E-state index in [1.54, 1.807) is 0 Å². The maximum absolute atomic E-state index is 13.1. The Labute approximate surface area is 181 Å². The van der Waals surface area contributed by atoms with Gasteiger partial charge in [0.25, 0.3) is 0 Å². The maximum Gasteiger partial charge on any atom is 0.227 e. The van der Waals surface area contributed by atoms with Gasteiger partial charge in [0.1, 0.15) is 6.10 Å². The standard InChI is InChI=1S/C23H28BrNO4/c1-4-27-20-11-18(19(24)13-21(20)28-5-2)12-23(26)25-14-16(3)29-22(15-25)17-9-7-6-8-10-17/h6-11,13,16,22H,4-5,12,14-15H2,1-3H3. The van der Waals surface area contributed by atoms with Crippen molar-refractivity contribution >= 4 is 21.8 Å². The molecule has 0 saturated carbocycles. The van der Waals surface area contributed by atoms with Crippen LogP contribution in [0.4, 0.5) is 0 Å².